The summed E-state index contributed by atoms with van der Waals surface area (Å²) in [5.41, 5.74) is 2.18. The molecule has 1 heterocycles. The highest BCUT2D eigenvalue weighted by Crippen LogP contribution is 2.21. The summed E-state index contributed by atoms with van der Waals surface area (Å²) in [6.45, 7) is 1.57. The molecule has 2 aromatic carbocycles. The number of rotatable bonds is 8. The SMILES string of the molecule is CCC(NC(=O)CN(C)S(=O)(=O)c1ccc(C#N)cc1)c1ncc(-c2ccccc2)[nH]1. The highest BCUT2D eigenvalue weighted by molar-refractivity contribution is 7.89. The van der Waals surface area contributed by atoms with Crippen LogP contribution in [0.25, 0.3) is 11.3 Å². The number of likely N-dealkylation sites (N-methyl/N-ethyl adjacent to an activating group) is 1. The van der Waals surface area contributed by atoms with E-state index in [2.05, 4.69) is 15.3 Å². The minimum atomic E-state index is -3.86. The van der Waals surface area contributed by atoms with E-state index in [1.807, 2.05) is 43.3 Å². The highest BCUT2D eigenvalue weighted by Gasteiger charge is 2.24. The van der Waals surface area contributed by atoms with E-state index in [1.165, 1.54) is 31.3 Å². The molecule has 31 heavy (non-hydrogen) atoms. The molecular weight excluding hydrogens is 414 g/mol. The minimum Gasteiger partial charge on any atom is -0.345 e. The molecule has 160 valence electrons. The molecule has 0 bridgehead atoms. The molecule has 9 heteroatoms. The number of hydrogen-bond donors (Lipinski definition) is 2. The van der Waals surface area contributed by atoms with Crippen molar-refractivity contribution in [2.75, 3.05) is 13.6 Å². The number of benzene rings is 2. The second-order valence-electron chi connectivity index (χ2n) is 6.97. The van der Waals surface area contributed by atoms with E-state index < -0.39 is 15.9 Å². The van der Waals surface area contributed by atoms with Crippen molar-refractivity contribution >= 4 is 15.9 Å². The van der Waals surface area contributed by atoms with Crippen LogP contribution in [0, 0.1) is 11.3 Å². The Kier molecular flexibility index (Phi) is 6.84. The van der Waals surface area contributed by atoms with Crippen molar-refractivity contribution in [2.45, 2.75) is 24.3 Å². The van der Waals surface area contributed by atoms with Gasteiger partial charge in [-0.05, 0) is 36.2 Å². The summed E-state index contributed by atoms with van der Waals surface area (Å²) in [6, 6.07) is 16.8. The Hall–Kier alpha value is -3.48. The number of amides is 1. The summed E-state index contributed by atoms with van der Waals surface area (Å²) in [4.78, 5) is 20.2. The molecule has 2 N–H and O–H groups in total. The highest BCUT2D eigenvalue weighted by atomic mass is 32.2. The molecule has 0 aliphatic carbocycles. The maximum Gasteiger partial charge on any atom is 0.243 e. The Morgan fingerprint density at radius 1 is 1.19 bits per heavy atom. The lowest BCUT2D eigenvalue weighted by Gasteiger charge is -2.19. The Morgan fingerprint density at radius 2 is 1.87 bits per heavy atom. The predicted octanol–water partition coefficient (Wildman–Crippen LogP) is 2.84. The van der Waals surface area contributed by atoms with Crippen LogP contribution < -0.4 is 5.32 Å². The van der Waals surface area contributed by atoms with Gasteiger partial charge in [-0.15, -0.1) is 0 Å². The number of nitriles is 1. The third-order valence-electron chi connectivity index (χ3n) is 4.81. The van der Waals surface area contributed by atoms with Gasteiger partial charge in [-0.1, -0.05) is 37.3 Å². The maximum absolute atomic E-state index is 12.7. The number of H-pyrrole nitrogens is 1. The number of imidazole rings is 1. The zero-order valence-corrected chi connectivity index (χ0v) is 18.1. The van der Waals surface area contributed by atoms with E-state index >= 15 is 0 Å². The third-order valence-corrected chi connectivity index (χ3v) is 6.63. The summed E-state index contributed by atoms with van der Waals surface area (Å²) in [5, 5.41) is 11.7. The first-order valence-corrected chi connectivity index (χ1v) is 11.2. The first-order chi connectivity index (χ1) is 14.8. The molecule has 0 saturated heterocycles. The molecule has 0 spiro atoms. The Labute approximate surface area is 181 Å². The smallest absolute Gasteiger partial charge is 0.243 e. The topological polar surface area (TPSA) is 119 Å². The van der Waals surface area contributed by atoms with E-state index in [4.69, 9.17) is 5.26 Å². The van der Waals surface area contributed by atoms with Crippen LogP contribution in [-0.4, -0.2) is 42.2 Å². The molecule has 3 aromatic rings. The van der Waals surface area contributed by atoms with Crippen molar-refractivity contribution in [1.82, 2.24) is 19.6 Å². The van der Waals surface area contributed by atoms with Crippen molar-refractivity contribution in [3.63, 3.8) is 0 Å². The van der Waals surface area contributed by atoms with E-state index in [9.17, 15) is 13.2 Å². The van der Waals surface area contributed by atoms with Crippen LogP contribution in [0.1, 0.15) is 30.8 Å². The first kappa shape index (κ1) is 22.2. The van der Waals surface area contributed by atoms with Crippen LogP contribution in [0.15, 0.2) is 65.7 Å². The fraction of sp³-hybridized carbons (Fsp3) is 0.227. The van der Waals surface area contributed by atoms with Gasteiger partial charge in [0, 0.05) is 7.05 Å². The van der Waals surface area contributed by atoms with Gasteiger partial charge in [-0.3, -0.25) is 4.79 Å². The van der Waals surface area contributed by atoms with Gasteiger partial charge in [-0.25, -0.2) is 13.4 Å². The zero-order chi connectivity index (χ0) is 22.4. The van der Waals surface area contributed by atoms with E-state index in [0.717, 1.165) is 15.6 Å². The van der Waals surface area contributed by atoms with Gasteiger partial charge in [0.1, 0.15) is 5.82 Å². The molecular formula is C22H23N5O3S. The van der Waals surface area contributed by atoms with Crippen LogP contribution in [0.5, 0.6) is 0 Å². The largest absolute Gasteiger partial charge is 0.345 e. The fourth-order valence-electron chi connectivity index (χ4n) is 3.05. The summed E-state index contributed by atoms with van der Waals surface area (Å²) in [5.74, 6) is 0.163. The van der Waals surface area contributed by atoms with Crippen LogP contribution >= 0.6 is 0 Å². The van der Waals surface area contributed by atoms with Gasteiger partial charge in [0.2, 0.25) is 15.9 Å². The van der Waals surface area contributed by atoms with Crippen molar-refractivity contribution in [2.24, 2.45) is 0 Å². The molecule has 0 saturated carbocycles. The quantitative estimate of drug-likeness (QED) is 0.562. The number of nitrogens with one attached hydrogen (secondary N) is 2. The standard InChI is InChI=1S/C22H23N5O3S/c1-3-19(22-24-14-20(26-22)17-7-5-4-6-8-17)25-21(28)15-27(2)31(29,30)18-11-9-16(13-23)10-12-18/h4-12,14,19H,3,15H2,1-2H3,(H,24,26)(H,25,28). The molecule has 3 rings (SSSR count). The second kappa shape index (κ2) is 9.55. The maximum atomic E-state index is 12.7. The normalized spacial score (nSPS) is 12.3. The molecule has 0 fully saturated rings. The molecule has 0 radical (unpaired) electrons. The molecule has 0 aliphatic heterocycles. The Bertz CT molecular complexity index is 1180. The fourth-order valence-corrected chi connectivity index (χ4v) is 4.18. The molecule has 0 aliphatic rings. The number of nitrogens with zero attached hydrogens (tertiary/aromatic N) is 3. The summed E-state index contributed by atoms with van der Waals surface area (Å²) < 4.78 is 26.4. The van der Waals surface area contributed by atoms with Crippen LogP contribution in [0.3, 0.4) is 0 Å². The minimum absolute atomic E-state index is 0.0207. The number of sulfonamides is 1. The third kappa shape index (κ3) is 5.17. The van der Waals surface area contributed by atoms with Gasteiger partial charge in [0.05, 0.1) is 41.0 Å². The molecule has 8 nitrogen and oxygen atoms in total. The van der Waals surface area contributed by atoms with Crippen molar-refractivity contribution in [1.29, 1.82) is 5.26 Å². The Morgan fingerprint density at radius 3 is 2.48 bits per heavy atom. The van der Waals surface area contributed by atoms with Crippen molar-refractivity contribution in [3.8, 4) is 17.3 Å². The summed E-state index contributed by atoms with van der Waals surface area (Å²) >= 11 is 0. The van der Waals surface area contributed by atoms with Gasteiger partial charge in [-0.2, -0.15) is 9.57 Å². The van der Waals surface area contributed by atoms with E-state index in [1.54, 1.807) is 6.20 Å². The molecule has 1 aromatic heterocycles. The first-order valence-electron chi connectivity index (χ1n) is 9.71. The molecule has 1 unspecified atom stereocenters. The summed E-state index contributed by atoms with van der Waals surface area (Å²) in [7, 11) is -2.52. The number of aromatic nitrogens is 2. The Balaban J connectivity index is 1.67. The lowest BCUT2D eigenvalue weighted by molar-refractivity contribution is -0.122. The van der Waals surface area contributed by atoms with Crippen molar-refractivity contribution in [3.05, 3.63) is 72.2 Å². The lowest BCUT2D eigenvalue weighted by Crippen LogP contribution is -2.40. The van der Waals surface area contributed by atoms with Crippen LogP contribution in [0.2, 0.25) is 0 Å². The van der Waals surface area contributed by atoms with Crippen molar-refractivity contribution < 1.29 is 13.2 Å². The van der Waals surface area contributed by atoms with Gasteiger partial charge >= 0.3 is 0 Å². The zero-order valence-electron chi connectivity index (χ0n) is 17.2. The van der Waals surface area contributed by atoms with Crippen LogP contribution in [0.4, 0.5) is 0 Å². The average molecular weight is 438 g/mol. The number of carbonyl (C=O) groups is 1. The average Bonchev–Trinajstić information content (AvgIpc) is 3.28. The van der Waals surface area contributed by atoms with Crippen LogP contribution in [-0.2, 0) is 14.8 Å². The second-order valence-corrected chi connectivity index (χ2v) is 9.02. The van der Waals surface area contributed by atoms with Gasteiger partial charge in [0.15, 0.2) is 0 Å². The summed E-state index contributed by atoms with van der Waals surface area (Å²) in [6.07, 6.45) is 2.29. The van der Waals surface area contributed by atoms with E-state index in [-0.39, 0.29) is 17.5 Å². The monoisotopic (exact) mass is 437 g/mol. The number of hydrogen-bond acceptors (Lipinski definition) is 5. The van der Waals surface area contributed by atoms with E-state index in [0.29, 0.717) is 17.8 Å². The predicted molar refractivity (Wildman–Crippen MR) is 116 cm³/mol. The molecule has 1 amide bonds. The number of aromatic amines is 1. The molecule has 1 atom stereocenters. The van der Waals surface area contributed by atoms with Gasteiger partial charge < -0.3 is 10.3 Å². The lowest BCUT2D eigenvalue weighted by atomic mass is 10.2. The van der Waals surface area contributed by atoms with Gasteiger partial charge in [0.25, 0.3) is 0 Å². The number of carbonyl (C=O) groups excluding carboxylic acids is 1.